The van der Waals surface area contributed by atoms with Crippen LogP contribution in [0.1, 0.15) is 17.2 Å². The van der Waals surface area contributed by atoms with Gasteiger partial charge in [-0.05, 0) is 23.8 Å². The maximum absolute atomic E-state index is 12.9. The Morgan fingerprint density at radius 1 is 1.05 bits per heavy atom. The molecule has 0 fully saturated rings. The van der Waals surface area contributed by atoms with Crippen molar-refractivity contribution in [3.8, 4) is 5.75 Å². The van der Waals surface area contributed by atoms with E-state index in [1.165, 1.54) is 36.4 Å². The highest BCUT2D eigenvalue weighted by molar-refractivity contribution is 5.32. The molecule has 0 aliphatic carbocycles. The summed E-state index contributed by atoms with van der Waals surface area (Å²) in [4.78, 5) is 0. The lowest BCUT2D eigenvalue weighted by Gasteiger charge is -2.18. The largest absolute Gasteiger partial charge is 0.490 e. The molecule has 2 aromatic rings. The fraction of sp³-hybridized carbons (Fsp3) is 0.200. The molecular formula is C15H12F4O2. The molecule has 0 saturated heterocycles. The van der Waals surface area contributed by atoms with Crippen molar-refractivity contribution in [2.75, 3.05) is 6.61 Å². The van der Waals surface area contributed by atoms with Gasteiger partial charge < -0.3 is 9.84 Å². The SMILES string of the molecule is OC(COc1cccc(F)c1)c1ccccc1C(F)(F)F. The van der Waals surface area contributed by atoms with Gasteiger partial charge >= 0.3 is 6.18 Å². The van der Waals surface area contributed by atoms with Crippen LogP contribution in [0.4, 0.5) is 17.6 Å². The summed E-state index contributed by atoms with van der Waals surface area (Å²) >= 11 is 0. The molecule has 2 rings (SSSR count). The second kappa shape index (κ2) is 6.13. The van der Waals surface area contributed by atoms with Crippen LogP contribution in [0.5, 0.6) is 5.75 Å². The van der Waals surface area contributed by atoms with Crippen LogP contribution in [0.25, 0.3) is 0 Å². The van der Waals surface area contributed by atoms with Crippen LogP contribution >= 0.6 is 0 Å². The number of aliphatic hydroxyl groups excluding tert-OH is 1. The highest BCUT2D eigenvalue weighted by Gasteiger charge is 2.34. The van der Waals surface area contributed by atoms with Gasteiger partial charge in [0.05, 0.1) is 5.56 Å². The highest BCUT2D eigenvalue weighted by atomic mass is 19.4. The molecular weight excluding hydrogens is 288 g/mol. The van der Waals surface area contributed by atoms with E-state index in [2.05, 4.69) is 0 Å². The smallest absolute Gasteiger partial charge is 0.416 e. The van der Waals surface area contributed by atoms with Crippen molar-refractivity contribution >= 4 is 0 Å². The zero-order chi connectivity index (χ0) is 15.5. The van der Waals surface area contributed by atoms with Crippen molar-refractivity contribution in [3.05, 3.63) is 65.5 Å². The topological polar surface area (TPSA) is 29.5 Å². The van der Waals surface area contributed by atoms with Crippen molar-refractivity contribution in [1.29, 1.82) is 0 Å². The van der Waals surface area contributed by atoms with Crippen LogP contribution in [-0.4, -0.2) is 11.7 Å². The molecule has 2 nitrogen and oxygen atoms in total. The van der Waals surface area contributed by atoms with Crippen molar-refractivity contribution in [1.82, 2.24) is 0 Å². The molecule has 2 aromatic carbocycles. The normalized spacial score (nSPS) is 13.0. The molecule has 1 N–H and O–H groups in total. The van der Waals surface area contributed by atoms with Gasteiger partial charge in [0.25, 0.3) is 0 Å². The molecule has 0 radical (unpaired) electrons. The molecule has 0 spiro atoms. The first kappa shape index (κ1) is 15.3. The van der Waals surface area contributed by atoms with Crippen molar-refractivity contribution < 1.29 is 27.4 Å². The summed E-state index contributed by atoms with van der Waals surface area (Å²) in [7, 11) is 0. The maximum atomic E-state index is 12.9. The van der Waals surface area contributed by atoms with Gasteiger partial charge in [0.1, 0.15) is 24.3 Å². The third-order valence-electron chi connectivity index (χ3n) is 2.83. The number of alkyl halides is 3. The lowest BCUT2D eigenvalue weighted by molar-refractivity contribution is -0.139. The van der Waals surface area contributed by atoms with Crippen LogP contribution < -0.4 is 4.74 Å². The zero-order valence-electron chi connectivity index (χ0n) is 10.8. The van der Waals surface area contributed by atoms with Gasteiger partial charge in [-0.25, -0.2) is 4.39 Å². The summed E-state index contributed by atoms with van der Waals surface area (Å²) in [6.07, 6.45) is -6.03. The molecule has 1 atom stereocenters. The van der Waals surface area contributed by atoms with Crippen molar-refractivity contribution in [2.45, 2.75) is 12.3 Å². The number of hydrogen-bond donors (Lipinski definition) is 1. The second-order valence-electron chi connectivity index (χ2n) is 4.37. The van der Waals surface area contributed by atoms with Gasteiger partial charge in [0, 0.05) is 6.07 Å². The molecule has 0 aromatic heterocycles. The summed E-state index contributed by atoms with van der Waals surface area (Å²) < 4.78 is 56.5. The number of ether oxygens (including phenoxy) is 1. The van der Waals surface area contributed by atoms with Crippen LogP contribution in [0.3, 0.4) is 0 Å². The highest BCUT2D eigenvalue weighted by Crippen LogP contribution is 2.34. The number of aliphatic hydroxyl groups is 1. The summed E-state index contributed by atoms with van der Waals surface area (Å²) in [6.45, 7) is -0.406. The number of rotatable bonds is 4. The molecule has 0 bridgehead atoms. The minimum absolute atomic E-state index is 0.138. The third-order valence-corrected chi connectivity index (χ3v) is 2.83. The van der Waals surface area contributed by atoms with Crippen LogP contribution in [0, 0.1) is 5.82 Å². The zero-order valence-corrected chi connectivity index (χ0v) is 10.8. The molecule has 6 heteroatoms. The molecule has 0 amide bonds. The minimum atomic E-state index is -4.56. The van der Waals surface area contributed by atoms with Crippen LogP contribution in [0.2, 0.25) is 0 Å². The van der Waals surface area contributed by atoms with Crippen LogP contribution in [-0.2, 0) is 6.18 Å². The lowest BCUT2D eigenvalue weighted by atomic mass is 10.0. The van der Waals surface area contributed by atoms with E-state index in [0.717, 1.165) is 12.1 Å². The van der Waals surface area contributed by atoms with E-state index in [-0.39, 0.29) is 11.3 Å². The standard InChI is InChI=1S/C15H12F4O2/c16-10-4-3-5-11(8-10)21-9-14(20)12-6-1-2-7-13(12)15(17,18)19/h1-8,14,20H,9H2. The molecule has 1 unspecified atom stereocenters. The van der Waals surface area contributed by atoms with E-state index >= 15 is 0 Å². The second-order valence-corrected chi connectivity index (χ2v) is 4.37. The first-order valence-corrected chi connectivity index (χ1v) is 6.10. The summed E-state index contributed by atoms with van der Waals surface area (Å²) in [5.41, 5.74) is -1.19. The lowest BCUT2D eigenvalue weighted by Crippen LogP contribution is -2.16. The summed E-state index contributed by atoms with van der Waals surface area (Å²) in [5, 5.41) is 9.88. The molecule has 112 valence electrons. The molecule has 0 saturated carbocycles. The Hall–Kier alpha value is -2.08. The quantitative estimate of drug-likeness (QED) is 0.866. The number of benzene rings is 2. The number of halogens is 4. The van der Waals surface area contributed by atoms with E-state index < -0.39 is 30.3 Å². The Labute approximate surface area is 118 Å². The van der Waals surface area contributed by atoms with Crippen LogP contribution in [0.15, 0.2) is 48.5 Å². The molecule has 0 heterocycles. The average Bonchev–Trinajstić information content (AvgIpc) is 2.44. The van der Waals surface area contributed by atoms with Gasteiger partial charge in [-0.1, -0.05) is 24.3 Å². The Kier molecular flexibility index (Phi) is 4.47. The predicted molar refractivity (Wildman–Crippen MR) is 68.3 cm³/mol. The van der Waals surface area contributed by atoms with Gasteiger partial charge in [-0.15, -0.1) is 0 Å². The first-order chi connectivity index (χ1) is 9.88. The fourth-order valence-corrected chi connectivity index (χ4v) is 1.87. The van der Waals surface area contributed by atoms with Gasteiger partial charge in [0.15, 0.2) is 0 Å². The van der Waals surface area contributed by atoms with E-state index in [9.17, 15) is 22.7 Å². The van der Waals surface area contributed by atoms with Gasteiger partial charge in [-0.2, -0.15) is 13.2 Å². The van der Waals surface area contributed by atoms with E-state index in [0.29, 0.717) is 0 Å². The van der Waals surface area contributed by atoms with E-state index in [1.54, 1.807) is 0 Å². The Morgan fingerprint density at radius 2 is 1.76 bits per heavy atom. The fourth-order valence-electron chi connectivity index (χ4n) is 1.87. The third kappa shape index (κ3) is 3.95. The Balaban J connectivity index is 2.12. The monoisotopic (exact) mass is 300 g/mol. The van der Waals surface area contributed by atoms with Crippen molar-refractivity contribution in [3.63, 3.8) is 0 Å². The first-order valence-electron chi connectivity index (χ1n) is 6.10. The van der Waals surface area contributed by atoms with Crippen molar-refractivity contribution in [2.24, 2.45) is 0 Å². The molecule has 21 heavy (non-hydrogen) atoms. The maximum Gasteiger partial charge on any atom is 0.416 e. The Bertz CT molecular complexity index is 611. The summed E-state index contributed by atoms with van der Waals surface area (Å²) in [5.74, 6) is -0.392. The predicted octanol–water partition coefficient (Wildman–Crippen LogP) is 3.96. The molecule has 0 aliphatic heterocycles. The Morgan fingerprint density at radius 3 is 2.43 bits per heavy atom. The van der Waals surface area contributed by atoms with E-state index in [1.807, 2.05) is 0 Å². The van der Waals surface area contributed by atoms with Gasteiger partial charge in [0.2, 0.25) is 0 Å². The molecule has 0 aliphatic rings. The van der Waals surface area contributed by atoms with Gasteiger partial charge in [-0.3, -0.25) is 0 Å². The average molecular weight is 300 g/mol. The van der Waals surface area contributed by atoms with E-state index in [4.69, 9.17) is 4.74 Å². The summed E-state index contributed by atoms with van der Waals surface area (Å²) in [6, 6.07) is 9.86. The minimum Gasteiger partial charge on any atom is -0.490 e. The number of hydrogen-bond acceptors (Lipinski definition) is 2.